The van der Waals surface area contributed by atoms with Gasteiger partial charge in [-0.25, -0.2) is 0 Å². The minimum atomic E-state index is -1.83. The van der Waals surface area contributed by atoms with Crippen LogP contribution in [-0.2, 0) is 9.09 Å². The van der Waals surface area contributed by atoms with Crippen LogP contribution in [0.4, 0.5) is 0 Å². The first-order valence-electron chi connectivity index (χ1n) is 4.76. The minimum absolute atomic E-state index is 0.105. The maximum absolute atomic E-state index is 11.5. The van der Waals surface area contributed by atoms with E-state index in [2.05, 4.69) is 41.5 Å². The Kier molecular flexibility index (Phi) is 4.68. The molecule has 1 atom stereocenters. The van der Waals surface area contributed by atoms with E-state index in [4.69, 9.17) is 4.52 Å². The van der Waals surface area contributed by atoms with E-state index in [-0.39, 0.29) is 10.8 Å². The molecule has 0 spiro atoms. The summed E-state index contributed by atoms with van der Waals surface area (Å²) in [6.45, 7) is 13.1. The Balaban J connectivity index is 3.78. The third kappa shape index (κ3) is 10.1. The summed E-state index contributed by atoms with van der Waals surface area (Å²) in [5.41, 5.74) is 0.214. The predicted molar refractivity (Wildman–Crippen MR) is 58.7 cm³/mol. The fourth-order valence-electron chi connectivity index (χ4n) is 0.781. The third-order valence-corrected chi connectivity index (χ3v) is 3.16. The van der Waals surface area contributed by atoms with Crippen molar-refractivity contribution in [2.45, 2.75) is 41.5 Å². The molecule has 0 aliphatic heterocycles. The Hall–Kier alpha value is 0.190. The molecule has 2 nitrogen and oxygen atoms in total. The standard InChI is InChI=1S/C10H23O2P/c1-9(2,3)7-12-13(11)8-10(4,5)6/h13H,7-8H2,1-6H3. The van der Waals surface area contributed by atoms with E-state index in [9.17, 15) is 4.57 Å². The van der Waals surface area contributed by atoms with Crippen LogP contribution in [0.1, 0.15) is 41.5 Å². The zero-order valence-electron chi connectivity index (χ0n) is 9.73. The Labute approximate surface area is 82.9 Å². The van der Waals surface area contributed by atoms with Gasteiger partial charge in [0.05, 0.1) is 6.61 Å². The van der Waals surface area contributed by atoms with Crippen molar-refractivity contribution in [3.8, 4) is 0 Å². The summed E-state index contributed by atoms with van der Waals surface area (Å²) < 4.78 is 16.8. The first-order valence-corrected chi connectivity index (χ1v) is 6.28. The number of hydrogen-bond acceptors (Lipinski definition) is 2. The molecule has 13 heavy (non-hydrogen) atoms. The Bertz CT molecular complexity index is 174. The highest BCUT2D eigenvalue weighted by Crippen LogP contribution is 2.33. The Morgan fingerprint density at radius 3 is 1.77 bits per heavy atom. The molecule has 0 aromatic carbocycles. The fourth-order valence-corrected chi connectivity index (χ4v) is 2.34. The maximum atomic E-state index is 11.5. The van der Waals surface area contributed by atoms with Gasteiger partial charge in [0.15, 0.2) is 8.03 Å². The second-order valence-corrected chi connectivity index (χ2v) is 7.35. The lowest BCUT2D eigenvalue weighted by atomic mass is 9.99. The Morgan fingerprint density at radius 2 is 1.46 bits per heavy atom. The third-order valence-electron chi connectivity index (χ3n) is 1.34. The molecule has 0 aromatic heterocycles. The van der Waals surface area contributed by atoms with Crippen LogP contribution in [0.15, 0.2) is 0 Å². The van der Waals surface area contributed by atoms with Crippen molar-refractivity contribution in [1.82, 2.24) is 0 Å². The topological polar surface area (TPSA) is 26.3 Å². The minimum Gasteiger partial charge on any atom is -0.330 e. The van der Waals surface area contributed by atoms with Crippen molar-refractivity contribution in [1.29, 1.82) is 0 Å². The van der Waals surface area contributed by atoms with Gasteiger partial charge in [0.2, 0.25) is 0 Å². The van der Waals surface area contributed by atoms with Gasteiger partial charge in [-0.1, -0.05) is 41.5 Å². The maximum Gasteiger partial charge on any atom is 0.192 e. The number of hydrogen-bond donors (Lipinski definition) is 0. The molecule has 1 unspecified atom stereocenters. The second-order valence-electron chi connectivity index (χ2n) is 5.96. The normalized spacial score (nSPS) is 15.8. The van der Waals surface area contributed by atoms with E-state index < -0.39 is 8.03 Å². The van der Waals surface area contributed by atoms with E-state index in [1.807, 2.05) is 0 Å². The summed E-state index contributed by atoms with van der Waals surface area (Å²) in [5, 5.41) is 0. The molecule has 0 radical (unpaired) electrons. The molecule has 0 saturated heterocycles. The average molecular weight is 206 g/mol. The van der Waals surface area contributed by atoms with E-state index in [0.717, 1.165) is 0 Å². The van der Waals surface area contributed by atoms with Gasteiger partial charge in [-0.15, -0.1) is 0 Å². The molecule has 0 rings (SSSR count). The largest absolute Gasteiger partial charge is 0.330 e. The predicted octanol–water partition coefficient (Wildman–Crippen LogP) is 3.57. The summed E-state index contributed by atoms with van der Waals surface area (Å²) >= 11 is 0. The molecule has 3 heteroatoms. The van der Waals surface area contributed by atoms with Gasteiger partial charge in [-0.2, -0.15) is 0 Å². The number of rotatable bonds is 3. The van der Waals surface area contributed by atoms with Crippen molar-refractivity contribution in [2.24, 2.45) is 10.8 Å². The van der Waals surface area contributed by atoms with Gasteiger partial charge in [-0.05, 0) is 10.8 Å². The lowest BCUT2D eigenvalue weighted by Crippen LogP contribution is -2.14. The molecule has 0 amide bonds. The highest BCUT2D eigenvalue weighted by Gasteiger charge is 2.17. The zero-order chi connectivity index (χ0) is 10.7. The molecule has 0 saturated carbocycles. The summed E-state index contributed by atoms with van der Waals surface area (Å²) in [4.78, 5) is 0. The van der Waals surface area contributed by atoms with Crippen LogP contribution in [-0.4, -0.2) is 12.8 Å². The quantitative estimate of drug-likeness (QED) is 0.660. The molecule has 0 bridgehead atoms. The summed E-state index contributed by atoms with van der Waals surface area (Å²) in [5.74, 6) is 0. The highest BCUT2D eigenvalue weighted by atomic mass is 31.1. The summed E-state index contributed by atoms with van der Waals surface area (Å²) in [7, 11) is -1.83. The molecular formula is C10H23O2P. The first-order chi connectivity index (χ1) is 5.60. The van der Waals surface area contributed by atoms with Gasteiger partial charge in [-0.3, -0.25) is 4.57 Å². The van der Waals surface area contributed by atoms with Crippen LogP contribution < -0.4 is 0 Å². The first kappa shape index (κ1) is 13.2. The lowest BCUT2D eigenvalue weighted by Gasteiger charge is -2.21. The molecule has 0 aliphatic rings. The van der Waals surface area contributed by atoms with Crippen LogP contribution in [0.2, 0.25) is 0 Å². The van der Waals surface area contributed by atoms with E-state index in [1.165, 1.54) is 0 Å². The Morgan fingerprint density at radius 1 is 1.00 bits per heavy atom. The van der Waals surface area contributed by atoms with E-state index >= 15 is 0 Å². The van der Waals surface area contributed by atoms with Crippen molar-refractivity contribution in [3.05, 3.63) is 0 Å². The molecule has 80 valence electrons. The second kappa shape index (κ2) is 4.61. The molecule has 0 heterocycles. The zero-order valence-corrected chi connectivity index (χ0v) is 10.7. The van der Waals surface area contributed by atoms with Crippen LogP contribution in [0.5, 0.6) is 0 Å². The van der Waals surface area contributed by atoms with Crippen molar-refractivity contribution < 1.29 is 9.09 Å². The average Bonchev–Trinajstić information content (AvgIpc) is 1.78. The molecule has 0 aliphatic carbocycles. The fraction of sp³-hybridized carbons (Fsp3) is 1.00. The van der Waals surface area contributed by atoms with Crippen molar-refractivity contribution in [3.63, 3.8) is 0 Å². The van der Waals surface area contributed by atoms with Gasteiger partial charge >= 0.3 is 0 Å². The van der Waals surface area contributed by atoms with Gasteiger partial charge < -0.3 is 4.52 Å². The molecular weight excluding hydrogens is 183 g/mol. The molecule has 0 aromatic rings. The molecule has 0 fully saturated rings. The van der Waals surface area contributed by atoms with Crippen LogP contribution in [0.3, 0.4) is 0 Å². The van der Waals surface area contributed by atoms with E-state index in [1.54, 1.807) is 0 Å². The van der Waals surface area contributed by atoms with Crippen LogP contribution >= 0.6 is 8.03 Å². The van der Waals surface area contributed by atoms with Gasteiger partial charge in [0.25, 0.3) is 0 Å². The van der Waals surface area contributed by atoms with Crippen LogP contribution in [0, 0.1) is 10.8 Å². The smallest absolute Gasteiger partial charge is 0.192 e. The van der Waals surface area contributed by atoms with Gasteiger partial charge in [0.1, 0.15) is 0 Å². The molecule has 0 N–H and O–H groups in total. The van der Waals surface area contributed by atoms with Crippen molar-refractivity contribution in [2.75, 3.05) is 12.8 Å². The summed E-state index contributed by atoms with van der Waals surface area (Å²) in [6.07, 6.45) is 0.674. The summed E-state index contributed by atoms with van der Waals surface area (Å²) in [6, 6.07) is 0. The van der Waals surface area contributed by atoms with Crippen LogP contribution in [0.25, 0.3) is 0 Å². The monoisotopic (exact) mass is 206 g/mol. The van der Waals surface area contributed by atoms with Gasteiger partial charge in [0, 0.05) is 6.16 Å². The lowest BCUT2D eigenvalue weighted by molar-refractivity contribution is 0.205. The van der Waals surface area contributed by atoms with Crippen molar-refractivity contribution >= 4 is 8.03 Å². The SMILES string of the molecule is CC(C)(C)CO[PH](=O)CC(C)(C)C. The van der Waals surface area contributed by atoms with E-state index in [0.29, 0.717) is 12.8 Å². The highest BCUT2D eigenvalue weighted by molar-refractivity contribution is 7.39.